The van der Waals surface area contributed by atoms with Gasteiger partial charge in [0.1, 0.15) is 6.61 Å². The van der Waals surface area contributed by atoms with E-state index in [9.17, 15) is 18.0 Å². The summed E-state index contributed by atoms with van der Waals surface area (Å²) in [6.45, 7) is 2.59. The zero-order valence-corrected chi connectivity index (χ0v) is 22.3. The van der Waals surface area contributed by atoms with Crippen molar-refractivity contribution < 1.29 is 37.2 Å². The molecular weight excluding hydrogens is 532 g/mol. The van der Waals surface area contributed by atoms with E-state index in [1.54, 1.807) is 5.06 Å². The normalized spacial score (nSPS) is 11.6. The molecule has 0 aromatic heterocycles. The van der Waals surface area contributed by atoms with Gasteiger partial charge in [-0.15, -0.1) is 0 Å². The first-order valence-corrected chi connectivity index (χ1v) is 14.6. The van der Waals surface area contributed by atoms with Gasteiger partial charge in [0.15, 0.2) is 5.25 Å². The zero-order chi connectivity index (χ0) is 26.7. The summed E-state index contributed by atoms with van der Waals surface area (Å²) >= 11 is 0. The molecular formula is C26H45NNa2O8S. The van der Waals surface area contributed by atoms with E-state index in [-0.39, 0.29) is 72.3 Å². The number of carbonyl (C=O) groups excluding carboxylic acids is 1. The molecule has 0 saturated heterocycles. The number of nitrogens with zero attached hydrogens (tertiary/aromatic N) is 1. The van der Waals surface area contributed by atoms with Crippen LogP contribution in [0.2, 0.25) is 0 Å². The Bertz CT molecular complexity index is 843. The number of esters is 1. The summed E-state index contributed by atoms with van der Waals surface area (Å²) in [4.78, 5) is 28.7. The van der Waals surface area contributed by atoms with Gasteiger partial charge in [-0.05, 0) is 18.6 Å². The van der Waals surface area contributed by atoms with Crippen LogP contribution in [0.25, 0.3) is 0 Å². The third-order valence-corrected chi connectivity index (χ3v) is 6.89. The fourth-order valence-electron chi connectivity index (χ4n) is 3.77. The molecule has 210 valence electrons. The molecule has 1 unspecified atom stereocenters. The van der Waals surface area contributed by atoms with Gasteiger partial charge in [0.2, 0.25) is 0 Å². The Kier molecular flexibility index (Phi) is 25.9. The summed E-state index contributed by atoms with van der Waals surface area (Å²) in [7, 11) is -4.90. The van der Waals surface area contributed by atoms with Gasteiger partial charge in [-0.3, -0.25) is 24.0 Å². The second kappa shape index (κ2) is 24.6. The van der Waals surface area contributed by atoms with Gasteiger partial charge in [-0.1, -0.05) is 95.8 Å². The Labute approximate surface area is 272 Å². The predicted octanol–water partition coefficient (Wildman–Crippen LogP) is 4.10. The molecule has 0 radical (unpaired) electrons. The minimum absolute atomic E-state index is 0. The van der Waals surface area contributed by atoms with Crippen molar-refractivity contribution in [2.75, 3.05) is 24.8 Å². The van der Waals surface area contributed by atoms with Crippen LogP contribution < -0.4 is 5.06 Å². The molecule has 0 spiro atoms. The molecule has 0 heterocycles. The second-order valence-corrected chi connectivity index (χ2v) is 10.5. The molecule has 9 nitrogen and oxygen atoms in total. The average molecular weight is 578 g/mol. The van der Waals surface area contributed by atoms with Crippen LogP contribution in [0.4, 0.5) is 5.69 Å². The molecule has 0 aliphatic heterocycles. The monoisotopic (exact) mass is 577 g/mol. The molecule has 0 amide bonds. The number of carboxylic acids is 1. The molecule has 0 aliphatic carbocycles. The van der Waals surface area contributed by atoms with Crippen molar-refractivity contribution in [2.24, 2.45) is 0 Å². The standard InChI is InChI=1S/C26H43NO8S.2Na.2H/c1-2-3-4-5-6-7-8-9-10-11-12-16-20-35-27(23-17-14-13-15-18-23)19-21-34-26(30)24(22-25(28)29)36(31,32)33;;;;/h13-15,17-18,24H,2-12,16,19-22H2,1H3,(H,28,29)(H,31,32,33);;;;. The number of rotatable bonds is 22. The van der Waals surface area contributed by atoms with E-state index in [0.717, 1.165) is 24.9 Å². The number of para-hydroxylation sites is 1. The van der Waals surface area contributed by atoms with Crippen molar-refractivity contribution >= 4 is 86.9 Å². The Hall–Kier alpha value is -0.170. The van der Waals surface area contributed by atoms with Gasteiger partial charge in [0, 0.05) is 0 Å². The molecule has 2 N–H and O–H groups in total. The second-order valence-electron chi connectivity index (χ2n) is 8.93. The van der Waals surface area contributed by atoms with Crippen molar-refractivity contribution in [3.8, 4) is 0 Å². The Morgan fingerprint density at radius 3 is 1.82 bits per heavy atom. The Balaban J connectivity index is 0. The van der Waals surface area contributed by atoms with Gasteiger partial charge < -0.3 is 9.84 Å². The number of carboxylic acid groups (broad SMARTS) is 1. The van der Waals surface area contributed by atoms with Crippen LogP contribution >= 0.6 is 0 Å². The van der Waals surface area contributed by atoms with Crippen molar-refractivity contribution in [1.82, 2.24) is 0 Å². The van der Waals surface area contributed by atoms with Crippen molar-refractivity contribution in [3.05, 3.63) is 30.3 Å². The van der Waals surface area contributed by atoms with Crippen LogP contribution in [-0.2, 0) is 29.3 Å². The maximum absolute atomic E-state index is 12.0. The van der Waals surface area contributed by atoms with Gasteiger partial charge in [-0.2, -0.15) is 8.42 Å². The van der Waals surface area contributed by atoms with E-state index < -0.39 is 33.7 Å². The number of hydrogen-bond donors (Lipinski definition) is 2. The number of anilines is 1. The van der Waals surface area contributed by atoms with Gasteiger partial charge in [0.05, 0.1) is 25.3 Å². The Morgan fingerprint density at radius 2 is 1.34 bits per heavy atom. The first-order valence-electron chi connectivity index (χ1n) is 13.1. The molecule has 1 aromatic carbocycles. The number of unbranched alkanes of at least 4 members (excludes halogenated alkanes) is 11. The first kappa shape index (κ1) is 40.0. The summed E-state index contributed by atoms with van der Waals surface area (Å²) in [5.74, 6) is -2.85. The number of aliphatic carboxylic acids is 1. The van der Waals surface area contributed by atoms with Crippen LogP contribution in [-0.4, -0.2) is 114 Å². The van der Waals surface area contributed by atoms with E-state index in [4.69, 9.17) is 19.2 Å². The third kappa shape index (κ3) is 19.8. The number of carbonyl (C=O) groups is 2. The number of ether oxygens (including phenoxy) is 1. The molecule has 1 atom stereocenters. The number of hydrogen-bond acceptors (Lipinski definition) is 7. The third-order valence-electron chi connectivity index (χ3n) is 5.81. The van der Waals surface area contributed by atoms with E-state index in [2.05, 4.69) is 6.92 Å². The van der Waals surface area contributed by atoms with Crippen LogP contribution in [0.1, 0.15) is 90.4 Å². The van der Waals surface area contributed by atoms with E-state index in [0.29, 0.717) is 6.61 Å². The topological polar surface area (TPSA) is 130 Å². The van der Waals surface area contributed by atoms with Crippen molar-refractivity contribution in [2.45, 2.75) is 95.6 Å². The summed E-state index contributed by atoms with van der Waals surface area (Å²) in [6, 6.07) is 9.19. The van der Waals surface area contributed by atoms with E-state index in [1.807, 2.05) is 30.3 Å². The number of hydroxylamine groups is 1. The molecule has 1 rings (SSSR count). The number of benzene rings is 1. The van der Waals surface area contributed by atoms with Crippen LogP contribution in [0.15, 0.2) is 30.3 Å². The van der Waals surface area contributed by atoms with Gasteiger partial charge in [-0.25, -0.2) is 0 Å². The first-order chi connectivity index (χ1) is 17.3. The van der Waals surface area contributed by atoms with Crippen LogP contribution in [0.3, 0.4) is 0 Å². The van der Waals surface area contributed by atoms with E-state index >= 15 is 0 Å². The predicted molar refractivity (Wildman–Crippen MR) is 154 cm³/mol. The minimum atomic E-state index is -4.90. The van der Waals surface area contributed by atoms with Crippen molar-refractivity contribution in [3.63, 3.8) is 0 Å². The summed E-state index contributed by atoms with van der Waals surface area (Å²) in [6.07, 6.45) is 13.8. The molecule has 12 heteroatoms. The van der Waals surface area contributed by atoms with E-state index in [1.165, 1.54) is 57.8 Å². The molecule has 0 aliphatic rings. The maximum atomic E-state index is 12.0. The van der Waals surface area contributed by atoms with Crippen molar-refractivity contribution in [1.29, 1.82) is 0 Å². The molecule has 0 bridgehead atoms. The molecule has 0 saturated carbocycles. The van der Waals surface area contributed by atoms with Gasteiger partial charge >= 0.3 is 71.1 Å². The quantitative estimate of drug-likeness (QED) is 0.0688. The van der Waals surface area contributed by atoms with Crippen LogP contribution in [0, 0.1) is 0 Å². The fraction of sp³-hybridized carbons (Fsp3) is 0.692. The fourth-order valence-corrected chi connectivity index (χ4v) is 4.44. The summed E-state index contributed by atoms with van der Waals surface area (Å²) in [5.41, 5.74) is 0.740. The molecule has 1 aromatic rings. The average Bonchev–Trinajstić information content (AvgIpc) is 2.84. The summed E-state index contributed by atoms with van der Waals surface area (Å²) < 4.78 is 36.7. The molecule has 0 fully saturated rings. The zero-order valence-electron chi connectivity index (χ0n) is 21.5. The summed E-state index contributed by atoms with van der Waals surface area (Å²) in [5, 5.41) is 8.19. The van der Waals surface area contributed by atoms with Gasteiger partial charge in [0.25, 0.3) is 10.1 Å². The molecule has 38 heavy (non-hydrogen) atoms. The Morgan fingerprint density at radius 1 is 0.842 bits per heavy atom. The SMILES string of the molecule is CCCCCCCCCCCCCCON(CCOC(=O)C(CC(=O)O)S(=O)(=O)O)c1ccccc1.[NaH].[NaH]. The van der Waals surface area contributed by atoms with Crippen LogP contribution in [0.5, 0.6) is 0 Å².